The van der Waals surface area contributed by atoms with Crippen LogP contribution in [-0.2, 0) is 11.3 Å². The number of piperidine rings is 1. The molecule has 0 aliphatic carbocycles. The van der Waals surface area contributed by atoms with Crippen molar-refractivity contribution < 1.29 is 9.53 Å². The van der Waals surface area contributed by atoms with E-state index in [1.807, 2.05) is 48.9 Å². The van der Waals surface area contributed by atoms with E-state index in [1.54, 1.807) is 10.9 Å². The number of nitrogens with zero attached hydrogens (tertiary/aromatic N) is 4. The van der Waals surface area contributed by atoms with Gasteiger partial charge in [-0.25, -0.2) is 4.68 Å². The van der Waals surface area contributed by atoms with Crippen LogP contribution in [0.15, 0.2) is 67.3 Å². The van der Waals surface area contributed by atoms with Crippen molar-refractivity contribution in [2.75, 3.05) is 19.6 Å². The third-order valence-electron chi connectivity index (χ3n) is 6.63. The van der Waals surface area contributed by atoms with Crippen molar-refractivity contribution in [3.8, 4) is 5.69 Å². The summed E-state index contributed by atoms with van der Waals surface area (Å²) in [4.78, 5) is 19.3. The molecule has 3 aromatic rings. The molecule has 2 aromatic heterocycles. The third-order valence-corrected chi connectivity index (χ3v) is 6.63. The number of benzene rings is 1. The van der Waals surface area contributed by atoms with E-state index in [2.05, 4.69) is 32.4 Å². The van der Waals surface area contributed by atoms with E-state index in [1.165, 1.54) is 5.56 Å². The highest BCUT2D eigenvalue weighted by atomic mass is 16.5. The average molecular weight is 432 g/mol. The number of pyridine rings is 1. The second-order valence-corrected chi connectivity index (χ2v) is 8.80. The van der Waals surface area contributed by atoms with Crippen LogP contribution < -0.4 is 5.32 Å². The van der Waals surface area contributed by atoms with Crippen molar-refractivity contribution >= 4 is 5.91 Å². The zero-order chi connectivity index (χ0) is 21.8. The minimum Gasteiger partial charge on any atom is -0.370 e. The molecule has 2 fully saturated rings. The zero-order valence-electron chi connectivity index (χ0n) is 18.2. The molecule has 1 N–H and O–H groups in total. The van der Waals surface area contributed by atoms with E-state index in [0.29, 0.717) is 12.1 Å². The van der Waals surface area contributed by atoms with Gasteiger partial charge in [-0.2, -0.15) is 5.10 Å². The topological polar surface area (TPSA) is 72.3 Å². The number of amides is 1. The number of carbonyl (C=O) groups is 1. The number of hydrogen-bond donors (Lipinski definition) is 1. The van der Waals surface area contributed by atoms with Crippen LogP contribution in [0.3, 0.4) is 0 Å². The smallest absolute Gasteiger partial charge is 0.251 e. The molecule has 2 aliphatic heterocycles. The molecule has 7 heteroatoms. The lowest BCUT2D eigenvalue weighted by atomic mass is 9.88. The van der Waals surface area contributed by atoms with Crippen molar-refractivity contribution in [2.45, 2.75) is 43.9 Å². The lowest BCUT2D eigenvalue weighted by Crippen LogP contribution is -2.44. The number of rotatable bonds is 6. The zero-order valence-corrected chi connectivity index (χ0v) is 18.2. The van der Waals surface area contributed by atoms with Crippen molar-refractivity contribution in [3.63, 3.8) is 0 Å². The first kappa shape index (κ1) is 20.8. The maximum atomic E-state index is 12.7. The Morgan fingerprint density at radius 1 is 1.09 bits per heavy atom. The van der Waals surface area contributed by atoms with Crippen LogP contribution in [0.25, 0.3) is 5.69 Å². The lowest BCUT2D eigenvalue weighted by molar-refractivity contribution is -0.0764. The molecule has 166 valence electrons. The number of nitrogens with one attached hydrogen (secondary N) is 1. The molecule has 4 heterocycles. The van der Waals surface area contributed by atoms with Gasteiger partial charge in [-0.1, -0.05) is 6.07 Å². The van der Waals surface area contributed by atoms with Crippen molar-refractivity contribution in [3.05, 3.63) is 78.4 Å². The summed E-state index contributed by atoms with van der Waals surface area (Å²) in [6, 6.07) is 13.5. The molecule has 1 aromatic carbocycles. The largest absolute Gasteiger partial charge is 0.370 e. The Labute approximate surface area is 188 Å². The van der Waals surface area contributed by atoms with Gasteiger partial charge in [0.1, 0.15) is 0 Å². The molecule has 7 nitrogen and oxygen atoms in total. The Kier molecular flexibility index (Phi) is 6.01. The predicted octanol–water partition coefficient (Wildman–Crippen LogP) is 3.21. The Balaban J connectivity index is 1.10. The molecule has 2 saturated heterocycles. The van der Waals surface area contributed by atoms with Gasteiger partial charge in [0.25, 0.3) is 5.91 Å². The van der Waals surface area contributed by atoms with Gasteiger partial charge < -0.3 is 10.1 Å². The molecule has 1 unspecified atom stereocenters. The van der Waals surface area contributed by atoms with Crippen LogP contribution in [0.2, 0.25) is 0 Å². The van der Waals surface area contributed by atoms with Gasteiger partial charge in [0, 0.05) is 56.5 Å². The summed E-state index contributed by atoms with van der Waals surface area (Å²) in [5, 5.41) is 7.30. The monoisotopic (exact) mass is 431 g/mol. The molecule has 1 amide bonds. The molecule has 0 saturated carbocycles. The van der Waals surface area contributed by atoms with E-state index in [4.69, 9.17) is 4.74 Å². The molecule has 0 bridgehead atoms. The Morgan fingerprint density at radius 3 is 2.72 bits per heavy atom. The van der Waals surface area contributed by atoms with E-state index >= 15 is 0 Å². The maximum absolute atomic E-state index is 12.7. The Hall–Kier alpha value is -3.03. The lowest BCUT2D eigenvalue weighted by Gasteiger charge is -2.39. The quantitative estimate of drug-likeness (QED) is 0.649. The summed E-state index contributed by atoms with van der Waals surface area (Å²) < 4.78 is 8.24. The highest BCUT2D eigenvalue weighted by Crippen LogP contribution is 2.39. The molecular formula is C25H29N5O2. The third kappa shape index (κ3) is 4.74. The molecule has 5 rings (SSSR count). The standard InChI is InChI=1S/C25H29N5O2/c31-24(21-3-1-4-22(17-21)30-14-2-11-28-30)27-18-23-5-8-25(32-23)9-15-29(16-10-25)19-20-6-12-26-13-7-20/h1-4,6-7,11-14,17,23H,5,8-10,15-16,18-19H2,(H,27,31). The summed E-state index contributed by atoms with van der Waals surface area (Å²) in [5.41, 5.74) is 2.79. The maximum Gasteiger partial charge on any atom is 0.251 e. The van der Waals surface area contributed by atoms with Gasteiger partial charge in [-0.15, -0.1) is 0 Å². The Bertz CT molecular complexity index is 1030. The molecule has 32 heavy (non-hydrogen) atoms. The Morgan fingerprint density at radius 2 is 1.94 bits per heavy atom. The second-order valence-electron chi connectivity index (χ2n) is 8.80. The first-order valence-electron chi connectivity index (χ1n) is 11.4. The minimum atomic E-state index is -0.0734. The number of hydrogen-bond acceptors (Lipinski definition) is 5. The average Bonchev–Trinajstić information content (AvgIpc) is 3.51. The van der Waals surface area contributed by atoms with Crippen LogP contribution in [0, 0.1) is 0 Å². The highest BCUT2D eigenvalue weighted by Gasteiger charge is 2.42. The fourth-order valence-electron chi connectivity index (χ4n) is 4.79. The number of carbonyl (C=O) groups excluding carboxylic acids is 1. The van der Waals surface area contributed by atoms with Gasteiger partial charge >= 0.3 is 0 Å². The molecule has 2 aliphatic rings. The molecule has 1 spiro atoms. The van der Waals surface area contributed by atoms with Gasteiger partial charge in [-0.3, -0.25) is 14.7 Å². The molecule has 0 radical (unpaired) electrons. The van der Waals surface area contributed by atoms with Crippen LogP contribution in [0.1, 0.15) is 41.6 Å². The van der Waals surface area contributed by atoms with Crippen molar-refractivity contribution in [1.82, 2.24) is 25.0 Å². The van der Waals surface area contributed by atoms with Crippen molar-refractivity contribution in [2.24, 2.45) is 0 Å². The number of aromatic nitrogens is 3. The summed E-state index contributed by atoms with van der Waals surface area (Å²) in [6.45, 7) is 3.60. The van der Waals surface area contributed by atoms with Gasteiger partial charge in [0.15, 0.2) is 0 Å². The minimum absolute atomic E-state index is 0.0237. The van der Waals surface area contributed by atoms with Crippen LogP contribution in [0.4, 0.5) is 0 Å². The molecular weight excluding hydrogens is 402 g/mol. The predicted molar refractivity (Wildman–Crippen MR) is 121 cm³/mol. The summed E-state index contributed by atoms with van der Waals surface area (Å²) in [5.74, 6) is -0.0734. The number of likely N-dealkylation sites (tertiary alicyclic amines) is 1. The number of ether oxygens (including phenoxy) is 1. The summed E-state index contributed by atoms with van der Waals surface area (Å²) in [7, 11) is 0. The van der Waals surface area contributed by atoms with E-state index in [0.717, 1.165) is 51.0 Å². The van der Waals surface area contributed by atoms with Gasteiger partial charge in [0.05, 0.1) is 17.4 Å². The van der Waals surface area contributed by atoms with Gasteiger partial charge in [0.2, 0.25) is 0 Å². The van der Waals surface area contributed by atoms with E-state index in [9.17, 15) is 4.79 Å². The van der Waals surface area contributed by atoms with E-state index < -0.39 is 0 Å². The van der Waals surface area contributed by atoms with Crippen LogP contribution >= 0.6 is 0 Å². The second kappa shape index (κ2) is 9.22. The van der Waals surface area contributed by atoms with Crippen molar-refractivity contribution in [1.29, 1.82) is 0 Å². The summed E-state index contributed by atoms with van der Waals surface area (Å²) in [6.07, 6.45) is 11.6. The first-order chi connectivity index (χ1) is 15.7. The first-order valence-corrected chi connectivity index (χ1v) is 11.4. The fourth-order valence-corrected chi connectivity index (χ4v) is 4.79. The highest BCUT2D eigenvalue weighted by molar-refractivity contribution is 5.94. The van der Waals surface area contributed by atoms with E-state index in [-0.39, 0.29) is 17.6 Å². The molecule has 1 atom stereocenters. The van der Waals surface area contributed by atoms with Crippen LogP contribution in [-0.4, -0.2) is 56.9 Å². The normalized spacial score (nSPS) is 20.4. The SMILES string of the molecule is O=C(NCC1CCC2(CCN(Cc3ccncc3)CC2)O1)c1cccc(-n2cccn2)c1. The van der Waals surface area contributed by atoms with Gasteiger partial charge in [-0.05, 0) is 67.6 Å². The summed E-state index contributed by atoms with van der Waals surface area (Å²) >= 11 is 0. The fraction of sp³-hybridized carbons (Fsp3) is 0.400. The van der Waals surface area contributed by atoms with Crippen LogP contribution in [0.5, 0.6) is 0 Å².